The fraction of sp³-hybridized carbons (Fsp3) is 0.435. The predicted molar refractivity (Wildman–Crippen MR) is 112 cm³/mol. The van der Waals surface area contributed by atoms with Gasteiger partial charge in [-0.25, -0.2) is 0 Å². The van der Waals surface area contributed by atoms with Crippen LogP contribution in [0.1, 0.15) is 24.5 Å². The van der Waals surface area contributed by atoms with E-state index in [-0.39, 0.29) is 5.91 Å². The van der Waals surface area contributed by atoms with Crippen LogP contribution in [0, 0.1) is 0 Å². The summed E-state index contributed by atoms with van der Waals surface area (Å²) in [5.41, 5.74) is 2.34. The summed E-state index contributed by atoms with van der Waals surface area (Å²) in [7, 11) is 1.62. The summed E-state index contributed by atoms with van der Waals surface area (Å²) in [5, 5.41) is 3.00. The molecule has 156 valence electrons. The summed E-state index contributed by atoms with van der Waals surface area (Å²) in [6, 6.07) is 15.6. The van der Waals surface area contributed by atoms with Gasteiger partial charge in [0.25, 0.3) is 5.91 Å². The minimum absolute atomic E-state index is 0.109. The third-order valence-electron chi connectivity index (χ3n) is 4.97. The molecule has 2 aromatic rings. The number of carbonyl (C=O) groups is 1. The van der Waals surface area contributed by atoms with Crippen molar-refractivity contribution in [2.45, 2.75) is 32.5 Å². The molecule has 0 aromatic heterocycles. The zero-order chi connectivity index (χ0) is 20.5. The van der Waals surface area contributed by atoms with Crippen molar-refractivity contribution < 1.29 is 19.0 Å². The molecule has 1 atom stereocenters. The summed E-state index contributed by atoms with van der Waals surface area (Å²) >= 11 is 0. The van der Waals surface area contributed by atoms with Crippen LogP contribution in [0.25, 0.3) is 0 Å². The lowest BCUT2D eigenvalue weighted by molar-refractivity contribution is -0.128. The highest BCUT2D eigenvalue weighted by molar-refractivity contribution is 5.81. The molecule has 0 unspecified atom stereocenters. The molecule has 0 bridgehead atoms. The lowest BCUT2D eigenvalue weighted by atomic mass is 10.1. The van der Waals surface area contributed by atoms with E-state index in [1.807, 2.05) is 43.3 Å². The Kier molecular flexibility index (Phi) is 7.90. The maximum Gasteiger partial charge on any atom is 0.261 e. The molecule has 6 nitrogen and oxygen atoms in total. The third kappa shape index (κ3) is 6.48. The highest BCUT2D eigenvalue weighted by atomic mass is 16.5. The van der Waals surface area contributed by atoms with E-state index in [2.05, 4.69) is 22.3 Å². The number of benzene rings is 2. The molecule has 1 saturated heterocycles. The van der Waals surface area contributed by atoms with Crippen LogP contribution in [-0.4, -0.2) is 50.3 Å². The second kappa shape index (κ2) is 10.8. The average Bonchev–Trinajstić information content (AvgIpc) is 2.77. The fourth-order valence-electron chi connectivity index (χ4n) is 3.30. The summed E-state index contributed by atoms with van der Waals surface area (Å²) in [5.74, 6) is 1.30. The molecule has 2 aromatic carbocycles. The quantitative estimate of drug-likeness (QED) is 0.704. The highest BCUT2D eigenvalue weighted by Crippen LogP contribution is 2.19. The lowest BCUT2D eigenvalue weighted by Gasteiger charge is -2.26. The first kappa shape index (κ1) is 21.1. The van der Waals surface area contributed by atoms with Crippen LogP contribution in [0.3, 0.4) is 0 Å². The number of rotatable bonds is 9. The summed E-state index contributed by atoms with van der Waals surface area (Å²) < 4.78 is 16.4. The van der Waals surface area contributed by atoms with Gasteiger partial charge in [0.2, 0.25) is 0 Å². The zero-order valence-electron chi connectivity index (χ0n) is 17.2. The van der Waals surface area contributed by atoms with Crippen molar-refractivity contribution in [3.05, 3.63) is 59.7 Å². The van der Waals surface area contributed by atoms with E-state index < -0.39 is 6.10 Å². The minimum atomic E-state index is -0.528. The first-order chi connectivity index (χ1) is 14.2. The maximum atomic E-state index is 12.6. The smallest absolute Gasteiger partial charge is 0.261 e. The number of hydrogen-bond donors (Lipinski definition) is 1. The van der Waals surface area contributed by atoms with Gasteiger partial charge in [-0.15, -0.1) is 0 Å². The molecular weight excluding hydrogens is 368 g/mol. The van der Waals surface area contributed by atoms with Gasteiger partial charge in [-0.05, 0) is 41.8 Å². The Morgan fingerprint density at radius 2 is 1.79 bits per heavy atom. The Hall–Kier alpha value is -2.57. The molecule has 0 radical (unpaired) electrons. The van der Waals surface area contributed by atoms with E-state index in [0.29, 0.717) is 18.7 Å². The maximum absolute atomic E-state index is 12.6. The predicted octanol–water partition coefficient (Wildman–Crippen LogP) is 3.00. The Labute approximate surface area is 172 Å². The summed E-state index contributed by atoms with van der Waals surface area (Å²) in [6.07, 6.45) is 0.0644. The van der Waals surface area contributed by atoms with Crippen LogP contribution >= 0.6 is 0 Å². The summed E-state index contributed by atoms with van der Waals surface area (Å²) in [6.45, 7) is 6.84. The number of carbonyl (C=O) groups excluding carboxylic acids is 1. The number of ether oxygens (including phenoxy) is 3. The standard InChI is InChI=1S/C23H30N2O4/c1-3-22(29-21-9-7-20(27-2)8-10-21)23(26)24-16-18-5-4-6-19(15-18)17-25-11-13-28-14-12-25/h4-10,15,22H,3,11-14,16-17H2,1-2H3,(H,24,26)/t22-/m0/s1. The Bertz CT molecular complexity index is 773. The van der Waals surface area contributed by atoms with Crippen LogP contribution in [0.4, 0.5) is 0 Å². The van der Waals surface area contributed by atoms with E-state index in [0.717, 1.165) is 44.2 Å². The second-order valence-corrected chi connectivity index (χ2v) is 7.12. The Balaban J connectivity index is 1.52. The molecule has 1 fully saturated rings. The molecule has 1 amide bonds. The normalized spacial score (nSPS) is 15.5. The Morgan fingerprint density at radius 1 is 1.10 bits per heavy atom. The van der Waals surface area contributed by atoms with Gasteiger partial charge in [0.1, 0.15) is 11.5 Å². The topological polar surface area (TPSA) is 60.0 Å². The molecule has 1 heterocycles. The van der Waals surface area contributed by atoms with Crippen LogP contribution < -0.4 is 14.8 Å². The van der Waals surface area contributed by atoms with E-state index in [1.165, 1.54) is 5.56 Å². The number of morpholine rings is 1. The molecule has 3 rings (SSSR count). The van der Waals surface area contributed by atoms with Gasteiger partial charge < -0.3 is 19.5 Å². The Morgan fingerprint density at radius 3 is 2.48 bits per heavy atom. The first-order valence-electron chi connectivity index (χ1n) is 10.1. The van der Waals surface area contributed by atoms with Crippen LogP contribution in [0.15, 0.2) is 48.5 Å². The van der Waals surface area contributed by atoms with Gasteiger partial charge in [-0.1, -0.05) is 31.2 Å². The number of nitrogens with zero attached hydrogens (tertiary/aromatic N) is 1. The number of methoxy groups -OCH3 is 1. The molecule has 1 aliphatic rings. The van der Waals surface area contributed by atoms with Gasteiger partial charge in [0.15, 0.2) is 6.10 Å². The van der Waals surface area contributed by atoms with Crippen LogP contribution in [-0.2, 0) is 22.6 Å². The number of hydrogen-bond acceptors (Lipinski definition) is 5. The van der Waals surface area contributed by atoms with E-state index in [1.54, 1.807) is 7.11 Å². The van der Waals surface area contributed by atoms with E-state index in [9.17, 15) is 4.79 Å². The second-order valence-electron chi connectivity index (χ2n) is 7.12. The molecule has 0 saturated carbocycles. The first-order valence-corrected chi connectivity index (χ1v) is 10.1. The van der Waals surface area contributed by atoms with Crippen LogP contribution in [0.5, 0.6) is 11.5 Å². The molecular formula is C23H30N2O4. The average molecular weight is 399 g/mol. The van der Waals surface area contributed by atoms with E-state index >= 15 is 0 Å². The molecule has 1 N–H and O–H groups in total. The fourth-order valence-corrected chi connectivity index (χ4v) is 3.30. The van der Waals surface area contributed by atoms with Crippen molar-refractivity contribution in [1.82, 2.24) is 10.2 Å². The zero-order valence-corrected chi connectivity index (χ0v) is 17.2. The van der Waals surface area contributed by atoms with Crippen LogP contribution in [0.2, 0.25) is 0 Å². The molecule has 6 heteroatoms. The van der Waals surface area contributed by atoms with Gasteiger partial charge in [-0.3, -0.25) is 9.69 Å². The van der Waals surface area contributed by atoms with Crippen molar-refractivity contribution >= 4 is 5.91 Å². The van der Waals surface area contributed by atoms with Crippen molar-refractivity contribution in [2.24, 2.45) is 0 Å². The number of nitrogens with one attached hydrogen (secondary N) is 1. The summed E-state index contributed by atoms with van der Waals surface area (Å²) in [4.78, 5) is 15.0. The minimum Gasteiger partial charge on any atom is -0.497 e. The molecule has 0 aliphatic carbocycles. The lowest BCUT2D eigenvalue weighted by Crippen LogP contribution is -2.37. The number of amides is 1. The monoisotopic (exact) mass is 398 g/mol. The van der Waals surface area contributed by atoms with Gasteiger partial charge in [0, 0.05) is 26.2 Å². The van der Waals surface area contributed by atoms with E-state index in [4.69, 9.17) is 14.2 Å². The van der Waals surface area contributed by atoms with Gasteiger partial charge in [-0.2, -0.15) is 0 Å². The van der Waals surface area contributed by atoms with Gasteiger partial charge >= 0.3 is 0 Å². The van der Waals surface area contributed by atoms with Crippen molar-refractivity contribution in [1.29, 1.82) is 0 Å². The highest BCUT2D eigenvalue weighted by Gasteiger charge is 2.18. The van der Waals surface area contributed by atoms with Crippen molar-refractivity contribution in [3.63, 3.8) is 0 Å². The molecule has 0 spiro atoms. The van der Waals surface area contributed by atoms with Crippen molar-refractivity contribution in [2.75, 3.05) is 33.4 Å². The molecule has 29 heavy (non-hydrogen) atoms. The largest absolute Gasteiger partial charge is 0.497 e. The SMILES string of the molecule is CC[C@H](Oc1ccc(OC)cc1)C(=O)NCc1cccc(CN2CCOCC2)c1. The van der Waals surface area contributed by atoms with Gasteiger partial charge in [0.05, 0.1) is 20.3 Å². The third-order valence-corrected chi connectivity index (χ3v) is 4.97. The molecule has 1 aliphatic heterocycles. The van der Waals surface area contributed by atoms with Crippen molar-refractivity contribution in [3.8, 4) is 11.5 Å².